The van der Waals surface area contributed by atoms with Crippen molar-refractivity contribution in [1.29, 1.82) is 0 Å². The zero-order valence-electron chi connectivity index (χ0n) is 15.4. The van der Waals surface area contributed by atoms with Gasteiger partial charge in [0.15, 0.2) is 0 Å². The lowest BCUT2D eigenvalue weighted by Gasteiger charge is -2.28. The van der Waals surface area contributed by atoms with Crippen LogP contribution < -0.4 is 9.62 Å². The molecule has 0 spiro atoms. The van der Waals surface area contributed by atoms with Crippen LogP contribution in [0.2, 0.25) is 0 Å². The molecule has 1 aliphatic heterocycles. The molecule has 0 amide bonds. The van der Waals surface area contributed by atoms with Crippen molar-refractivity contribution in [3.8, 4) is 0 Å². The minimum atomic E-state index is -3.50. The lowest BCUT2D eigenvalue weighted by Crippen LogP contribution is -2.36. The number of hydrogen-bond acceptors (Lipinski definition) is 4. The largest absolute Gasteiger partial charge is 0.378 e. The second-order valence-corrected chi connectivity index (χ2v) is 8.68. The summed E-state index contributed by atoms with van der Waals surface area (Å²) in [4.78, 5) is 4.74. The first-order chi connectivity index (χ1) is 12.5. The summed E-state index contributed by atoms with van der Waals surface area (Å²) < 4.78 is 28.0. The van der Waals surface area contributed by atoms with E-state index in [9.17, 15) is 8.42 Å². The van der Waals surface area contributed by atoms with E-state index in [-0.39, 0.29) is 6.04 Å². The van der Waals surface area contributed by atoms with Crippen LogP contribution in [0.1, 0.15) is 24.4 Å². The Morgan fingerprint density at radius 3 is 2.19 bits per heavy atom. The highest BCUT2D eigenvalue weighted by Gasteiger charge is 2.25. The number of likely N-dealkylation sites (tertiary alicyclic amines) is 1. The fourth-order valence-corrected chi connectivity index (χ4v) is 4.44. The molecule has 0 aliphatic carbocycles. The third-order valence-electron chi connectivity index (χ3n) is 4.90. The maximum atomic E-state index is 12.6. The van der Waals surface area contributed by atoms with Crippen LogP contribution in [0, 0.1) is 0 Å². The molecule has 6 heteroatoms. The van der Waals surface area contributed by atoms with Crippen LogP contribution in [0.3, 0.4) is 0 Å². The average molecular weight is 374 g/mol. The Morgan fingerprint density at radius 2 is 1.62 bits per heavy atom. The predicted octanol–water partition coefficient (Wildman–Crippen LogP) is 2.87. The van der Waals surface area contributed by atoms with Crippen molar-refractivity contribution < 1.29 is 8.42 Å². The van der Waals surface area contributed by atoms with E-state index in [1.54, 1.807) is 24.3 Å². The van der Waals surface area contributed by atoms with Gasteiger partial charge in [0.1, 0.15) is 0 Å². The average Bonchev–Trinajstić information content (AvgIpc) is 3.17. The summed E-state index contributed by atoms with van der Waals surface area (Å²) in [6, 6.07) is 17.0. The molecule has 1 saturated heterocycles. The number of nitrogens with zero attached hydrogens (tertiary/aromatic N) is 2. The molecule has 2 aromatic rings. The van der Waals surface area contributed by atoms with Gasteiger partial charge >= 0.3 is 0 Å². The summed E-state index contributed by atoms with van der Waals surface area (Å²) in [6.07, 6.45) is 2.33. The molecule has 5 nitrogen and oxygen atoms in total. The molecule has 1 N–H and O–H groups in total. The molecule has 0 radical (unpaired) electrons. The first-order valence-corrected chi connectivity index (χ1v) is 10.5. The number of rotatable bonds is 7. The topological polar surface area (TPSA) is 52.7 Å². The van der Waals surface area contributed by atoms with Gasteiger partial charge in [-0.05, 0) is 55.8 Å². The van der Waals surface area contributed by atoms with Gasteiger partial charge in [0.05, 0.1) is 4.90 Å². The fourth-order valence-electron chi connectivity index (χ4n) is 3.38. The van der Waals surface area contributed by atoms with Gasteiger partial charge in [0.25, 0.3) is 0 Å². The Bertz CT molecular complexity index is 799. The van der Waals surface area contributed by atoms with Gasteiger partial charge in [-0.3, -0.25) is 4.90 Å². The van der Waals surface area contributed by atoms with Crippen LogP contribution in [0.4, 0.5) is 5.69 Å². The second kappa shape index (κ2) is 8.20. The van der Waals surface area contributed by atoms with E-state index >= 15 is 0 Å². The van der Waals surface area contributed by atoms with Crippen LogP contribution in [0.15, 0.2) is 59.5 Å². The summed E-state index contributed by atoms with van der Waals surface area (Å²) in [6.45, 7) is 2.39. The molecule has 0 bridgehead atoms. The smallest absolute Gasteiger partial charge is 0.240 e. The summed E-state index contributed by atoms with van der Waals surface area (Å²) in [5.74, 6) is 0. The number of anilines is 1. The van der Waals surface area contributed by atoms with Crippen LogP contribution in [0.5, 0.6) is 0 Å². The number of benzene rings is 2. The maximum absolute atomic E-state index is 12.6. The van der Waals surface area contributed by atoms with Gasteiger partial charge in [-0.15, -0.1) is 0 Å². The Hall–Kier alpha value is -1.89. The molecular weight excluding hydrogens is 346 g/mol. The highest BCUT2D eigenvalue weighted by Crippen LogP contribution is 2.26. The van der Waals surface area contributed by atoms with Crippen molar-refractivity contribution in [2.75, 3.05) is 38.6 Å². The van der Waals surface area contributed by atoms with Crippen molar-refractivity contribution in [2.45, 2.75) is 23.8 Å². The van der Waals surface area contributed by atoms with Crippen molar-refractivity contribution >= 4 is 15.7 Å². The fraction of sp³-hybridized carbons (Fsp3) is 0.400. The van der Waals surface area contributed by atoms with E-state index in [1.165, 1.54) is 0 Å². The number of hydrogen-bond donors (Lipinski definition) is 1. The summed E-state index contributed by atoms with van der Waals surface area (Å²) >= 11 is 0. The normalized spacial score (nSPS) is 16.5. The molecule has 1 heterocycles. The van der Waals surface area contributed by atoms with Crippen molar-refractivity contribution in [1.82, 2.24) is 9.62 Å². The molecule has 1 atom stereocenters. The highest BCUT2D eigenvalue weighted by atomic mass is 32.2. The van der Waals surface area contributed by atoms with Crippen LogP contribution in [-0.4, -0.2) is 47.0 Å². The van der Waals surface area contributed by atoms with E-state index in [1.807, 2.05) is 20.2 Å². The third-order valence-corrected chi connectivity index (χ3v) is 6.34. The first kappa shape index (κ1) is 18.9. The Kier molecular flexibility index (Phi) is 5.96. The zero-order chi connectivity index (χ0) is 18.6. The van der Waals surface area contributed by atoms with Crippen molar-refractivity contribution in [2.24, 2.45) is 0 Å². The second-order valence-electron chi connectivity index (χ2n) is 6.91. The van der Waals surface area contributed by atoms with E-state index in [2.05, 4.69) is 38.8 Å². The minimum absolute atomic E-state index is 0.0483. The van der Waals surface area contributed by atoms with Gasteiger partial charge in [0, 0.05) is 32.4 Å². The summed E-state index contributed by atoms with van der Waals surface area (Å²) in [5.41, 5.74) is 2.28. The molecular formula is C20H27N3O2S. The lowest BCUT2D eigenvalue weighted by atomic mass is 10.1. The first-order valence-electron chi connectivity index (χ1n) is 9.03. The van der Waals surface area contributed by atoms with Crippen LogP contribution in [0.25, 0.3) is 0 Å². The van der Waals surface area contributed by atoms with Gasteiger partial charge < -0.3 is 4.90 Å². The van der Waals surface area contributed by atoms with E-state index in [4.69, 9.17) is 0 Å². The van der Waals surface area contributed by atoms with Gasteiger partial charge in [-0.2, -0.15) is 0 Å². The molecule has 1 fully saturated rings. The van der Waals surface area contributed by atoms with E-state index < -0.39 is 10.0 Å². The van der Waals surface area contributed by atoms with E-state index in [0.29, 0.717) is 11.4 Å². The molecule has 0 aromatic heterocycles. The van der Waals surface area contributed by atoms with Crippen LogP contribution in [-0.2, 0) is 10.0 Å². The van der Waals surface area contributed by atoms with Gasteiger partial charge in [-0.25, -0.2) is 13.1 Å². The Balaban J connectivity index is 1.78. The maximum Gasteiger partial charge on any atom is 0.240 e. The van der Waals surface area contributed by atoms with Gasteiger partial charge in [-0.1, -0.05) is 30.3 Å². The Labute approximate surface area is 156 Å². The lowest BCUT2D eigenvalue weighted by molar-refractivity contribution is 0.246. The van der Waals surface area contributed by atoms with Crippen molar-refractivity contribution in [3.63, 3.8) is 0 Å². The molecule has 2 aromatic carbocycles. The zero-order valence-corrected chi connectivity index (χ0v) is 16.2. The molecule has 1 unspecified atom stereocenters. The highest BCUT2D eigenvalue weighted by molar-refractivity contribution is 7.89. The predicted molar refractivity (Wildman–Crippen MR) is 106 cm³/mol. The molecule has 1 aliphatic rings. The molecule has 0 saturated carbocycles. The quantitative estimate of drug-likeness (QED) is 0.811. The van der Waals surface area contributed by atoms with E-state index in [0.717, 1.165) is 37.2 Å². The third kappa shape index (κ3) is 4.44. The minimum Gasteiger partial charge on any atom is -0.378 e. The monoisotopic (exact) mass is 373 g/mol. The summed E-state index contributed by atoms with van der Waals surface area (Å²) in [7, 11) is 0.530. The molecule has 3 rings (SSSR count). The van der Waals surface area contributed by atoms with Crippen LogP contribution >= 0.6 is 0 Å². The Morgan fingerprint density at radius 1 is 1.00 bits per heavy atom. The van der Waals surface area contributed by atoms with Crippen molar-refractivity contribution in [3.05, 3.63) is 60.2 Å². The SMILES string of the molecule is CN(C)c1ccc(C(CNS(=O)(=O)c2ccccc2)N2CCCC2)cc1. The standard InChI is InChI=1S/C20H27N3O2S/c1-22(2)18-12-10-17(11-13-18)20(23-14-6-7-15-23)16-21-26(24,25)19-8-4-3-5-9-19/h3-5,8-13,20-21H,6-7,14-16H2,1-2H3. The summed E-state index contributed by atoms with van der Waals surface area (Å²) in [5, 5.41) is 0. The molecule has 26 heavy (non-hydrogen) atoms. The number of sulfonamides is 1. The number of nitrogens with one attached hydrogen (secondary N) is 1. The van der Waals surface area contributed by atoms with Gasteiger partial charge in [0.2, 0.25) is 10.0 Å². The molecule has 140 valence electrons.